The Labute approximate surface area is 135 Å². The van der Waals surface area contributed by atoms with Crippen LogP contribution in [0.4, 0.5) is 5.69 Å². The van der Waals surface area contributed by atoms with E-state index in [2.05, 4.69) is 10.6 Å². The molecule has 0 aliphatic rings. The van der Waals surface area contributed by atoms with Crippen LogP contribution in [-0.2, 0) is 11.2 Å². The summed E-state index contributed by atoms with van der Waals surface area (Å²) in [6, 6.07) is 15.0. The highest BCUT2D eigenvalue weighted by Gasteiger charge is 2.06. The Balaban J connectivity index is 1.74. The molecular formula is C17H19ClN2O2. The van der Waals surface area contributed by atoms with Crippen molar-refractivity contribution in [1.82, 2.24) is 5.32 Å². The molecule has 0 fully saturated rings. The summed E-state index contributed by atoms with van der Waals surface area (Å²) in [6.45, 7) is 0.957. The molecule has 0 aliphatic heterocycles. The van der Waals surface area contributed by atoms with E-state index in [1.807, 2.05) is 48.5 Å². The quantitative estimate of drug-likeness (QED) is 0.771. The first-order chi connectivity index (χ1) is 10.7. The molecule has 1 amide bonds. The summed E-state index contributed by atoms with van der Waals surface area (Å²) in [5.74, 6) is 0.547. The summed E-state index contributed by atoms with van der Waals surface area (Å²) in [4.78, 5) is 11.9. The summed E-state index contributed by atoms with van der Waals surface area (Å²) in [6.07, 6.45) is 0.822. The number of amides is 1. The lowest BCUT2D eigenvalue weighted by molar-refractivity contribution is -0.115. The molecule has 2 rings (SSSR count). The van der Waals surface area contributed by atoms with Gasteiger partial charge in [-0.05, 0) is 42.8 Å². The molecule has 0 bridgehead atoms. The Morgan fingerprint density at radius 1 is 1.18 bits per heavy atom. The number of nitrogens with one attached hydrogen (secondary N) is 2. The van der Waals surface area contributed by atoms with Gasteiger partial charge in [0.25, 0.3) is 0 Å². The Morgan fingerprint density at radius 2 is 2.00 bits per heavy atom. The third-order valence-corrected chi connectivity index (χ3v) is 3.38. The number of benzene rings is 2. The Bertz CT molecular complexity index is 632. The number of halogens is 1. The number of para-hydroxylation sites is 2. The average molecular weight is 319 g/mol. The van der Waals surface area contributed by atoms with Crippen molar-refractivity contribution in [1.29, 1.82) is 0 Å². The SMILES string of the molecule is COc1ccccc1NC(=O)CNCCc1cccc(Cl)c1. The molecular weight excluding hydrogens is 300 g/mol. The topological polar surface area (TPSA) is 50.4 Å². The van der Waals surface area contributed by atoms with Crippen molar-refractivity contribution in [3.63, 3.8) is 0 Å². The van der Waals surface area contributed by atoms with Gasteiger partial charge in [0.1, 0.15) is 5.75 Å². The minimum Gasteiger partial charge on any atom is -0.495 e. The van der Waals surface area contributed by atoms with E-state index in [9.17, 15) is 4.79 Å². The van der Waals surface area contributed by atoms with E-state index in [4.69, 9.17) is 16.3 Å². The number of hydrogen-bond donors (Lipinski definition) is 2. The maximum Gasteiger partial charge on any atom is 0.238 e. The lowest BCUT2D eigenvalue weighted by Gasteiger charge is -2.10. The average Bonchev–Trinajstić information content (AvgIpc) is 2.52. The number of anilines is 1. The predicted molar refractivity (Wildman–Crippen MR) is 89.6 cm³/mol. The van der Waals surface area contributed by atoms with Gasteiger partial charge in [-0.2, -0.15) is 0 Å². The van der Waals surface area contributed by atoms with Crippen LogP contribution in [0.15, 0.2) is 48.5 Å². The lowest BCUT2D eigenvalue weighted by Crippen LogP contribution is -2.29. The predicted octanol–water partition coefficient (Wildman–Crippen LogP) is 3.12. The van der Waals surface area contributed by atoms with Crippen LogP contribution < -0.4 is 15.4 Å². The Morgan fingerprint density at radius 3 is 2.77 bits per heavy atom. The van der Waals surface area contributed by atoms with E-state index in [1.165, 1.54) is 0 Å². The molecule has 4 nitrogen and oxygen atoms in total. The van der Waals surface area contributed by atoms with Crippen molar-refractivity contribution in [3.8, 4) is 5.75 Å². The molecule has 116 valence electrons. The van der Waals surface area contributed by atoms with Crippen LogP contribution in [0.3, 0.4) is 0 Å². The van der Waals surface area contributed by atoms with Crippen molar-refractivity contribution in [2.24, 2.45) is 0 Å². The minimum absolute atomic E-state index is 0.101. The summed E-state index contributed by atoms with van der Waals surface area (Å²) in [7, 11) is 1.58. The van der Waals surface area contributed by atoms with Gasteiger partial charge in [-0.1, -0.05) is 35.9 Å². The first kappa shape index (κ1) is 16.3. The lowest BCUT2D eigenvalue weighted by atomic mass is 10.1. The van der Waals surface area contributed by atoms with Crippen molar-refractivity contribution < 1.29 is 9.53 Å². The van der Waals surface area contributed by atoms with Crippen LogP contribution in [0, 0.1) is 0 Å². The second-order valence-corrected chi connectivity index (χ2v) is 5.24. The number of ether oxygens (including phenoxy) is 1. The van der Waals surface area contributed by atoms with Crippen LogP contribution in [-0.4, -0.2) is 26.1 Å². The highest BCUT2D eigenvalue weighted by atomic mass is 35.5. The zero-order valence-corrected chi connectivity index (χ0v) is 13.2. The molecule has 0 saturated heterocycles. The van der Waals surface area contributed by atoms with Gasteiger partial charge in [-0.3, -0.25) is 4.79 Å². The Hall–Kier alpha value is -2.04. The number of methoxy groups -OCH3 is 1. The molecule has 0 atom stereocenters. The van der Waals surface area contributed by atoms with Crippen LogP contribution in [0.25, 0.3) is 0 Å². The first-order valence-corrected chi connectivity index (χ1v) is 7.45. The zero-order chi connectivity index (χ0) is 15.8. The van der Waals surface area contributed by atoms with Gasteiger partial charge in [0.2, 0.25) is 5.91 Å². The molecule has 2 aromatic rings. The zero-order valence-electron chi connectivity index (χ0n) is 12.4. The van der Waals surface area contributed by atoms with Crippen LogP contribution in [0.2, 0.25) is 5.02 Å². The van der Waals surface area contributed by atoms with Gasteiger partial charge in [0.05, 0.1) is 19.3 Å². The molecule has 0 spiro atoms. The maximum absolute atomic E-state index is 11.9. The molecule has 0 heterocycles. The van der Waals surface area contributed by atoms with Gasteiger partial charge in [-0.25, -0.2) is 0 Å². The fourth-order valence-electron chi connectivity index (χ4n) is 2.07. The Kier molecular flexibility index (Phi) is 6.25. The summed E-state index contributed by atoms with van der Waals surface area (Å²) in [5.41, 5.74) is 1.82. The summed E-state index contributed by atoms with van der Waals surface area (Å²) < 4.78 is 5.19. The second-order valence-electron chi connectivity index (χ2n) is 4.81. The van der Waals surface area contributed by atoms with Gasteiger partial charge in [0.15, 0.2) is 0 Å². The molecule has 22 heavy (non-hydrogen) atoms. The monoisotopic (exact) mass is 318 g/mol. The second kappa shape index (κ2) is 8.41. The number of carbonyl (C=O) groups excluding carboxylic acids is 1. The third-order valence-electron chi connectivity index (χ3n) is 3.15. The van der Waals surface area contributed by atoms with E-state index in [0.29, 0.717) is 18.0 Å². The molecule has 0 saturated carbocycles. The molecule has 0 aromatic heterocycles. The van der Waals surface area contributed by atoms with E-state index >= 15 is 0 Å². The fourth-order valence-corrected chi connectivity index (χ4v) is 2.28. The van der Waals surface area contributed by atoms with Gasteiger partial charge in [-0.15, -0.1) is 0 Å². The maximum atomic E-state index is 11.9. The fraction of sp³-hybridized carbons (Fsp3) is 0.235. The molecule has 2 aromatic carbocycles. The standard InChI is InChI=1S/C17H19ClN2O2/c1-22-16-8-3-2-7-15(16)20-17(21)12-19-10-9-13-5-4-6-14(18)11-13/h2-8,11,19H,9-10,12H2,1H3,(H,20,21). The van der Waals surface area contributed by atoms with E-state index in [1.54, 1.807) is 7.11 Å². The van der Waals surface area contributed by atoms with Crippen molar-refractivity contribution in [3.05, 3.63) is 59.1 Å². The first-order valence-electron chi connectivity index (χ1n) is 7.07. The van der Waals surface area contributed by atoms with E-state index in [0.717, 1.165) is 17.0 Å². The molecule has 0 radical (unpaired) electrons. The summed E-state index contributed by atoms with van der Waals surface area (Å²) >= 11 is 5.93. The largest absolute Gasteiger partial charge is 0.495 e. The van der Waals surface area contributed by atoms with Gasteiger partial charge >= 0.3 is 0 Å². The molecule has 0 aliphatic carbocycles. The molecule has 5 heteroatoms. The smallest absolute Gasteiger partial charge is 0.238 e. The van der Waals surface area contributed by atoms with Gasteiger partial charge in [0, 0.05) is 5.02 Å². The summed E-state index contributed by atoms with van der Waals surface area (Å²) in [5, 5.41) is 6.66. The van der Waals surface area contributed by atoms with E-state index < -0.39 is 0 Å². The highest BCUT2D eigenvalue weighted by molar-refractivity contribution is 6.30. The molecule has 0 unspecified atom stereocenters. The minimum atomic E-state index is -0.101. The van der Waals surface area contributed by atoms with Gasteiger partial charge < -0.3 is 15.4 Å². The van der Waals surface area contributed by atoms with Crippen LogP contribution in [0.5, 0.6) is 5.75 Å². The van der Waals surface area contributed by atoms with Crippen molar-refractivity contribution in [2.45, 2.75) is 6.42 Å². The van der Waals surface area contributed by atoms with Crippen molar-refractivity contribution >= 4 is 23.2 Å². The molecule has 2 N–H and O–H groups in total. The van der Waals surface area contributed by atoms with Crippen LogP contribution in [0.1, 0.15) is 5.56 Å². The highest BCUT2D eigenvalue weighted by Crippen LogP contribution is 2.22. The van der Waals surface area contributed by atoms with E-state index in [-0.39, 0.29) is 12.5 Å². The number of carbonyl (C=O) groups is 1. The normalized spacial score (nSPS) is 10.3. The number of hydrogen-bond acceptors (Lipinski definition) is 3. The third kappa shape index (κ3) is 5.06. The number of rotatable bonds is 7. The van der Waals surface area contributed by atoms with Crippen LogP contribution >= 0.6 is 11.6 Å². The van der Waals surface area contributed by atoms with Crippen molar-refractivity contribution in [2.75, 3.05) is 25.5 Å².